The Morgan fingerprint density at radius 1 is 1.50 bits per heavy atom. The molecule has 72 valence electrons. The van der Waals surface area contributed by atoms with Gasteiger partial charge in [-0.15, -0.1) is 0 Å². The molecule has 2 rings (SSSR count). The number of nitro groups is 1. The monoisotopic (exact) mass is 192 g/mol. The topological polar surface area (TPSA) is 71.3 Å². The minimum Gasteiger partial charge on any atom is -0.310 e. The molecule has 1 aliphatic heterocycles. The average molecular weight is 192 g/mol. The largest absolute Gasteiger partial charge is 0.369 e. The Kier molecular flexibility index (Phi) is 2.02. The van der Waals surface area contributed by atoms with E-state index in [1.165, 1.54) is 4.90 Å². The number of hydrogen-bond acceptors (Lipinski definition) is 5. The summed E-state index contributed by atoms with van der Waals surface area (Å²) in [5, 5.41) is 13.3. The van der Waals surface area contributed by atoms with Crippen LogP contribution in [0.5, 0.6) is 0 Å². The molecule has 0 radical (unpaired) electrons. The van der Waals surface area contributed by atoms with Crippen LogP contribution in [0.3, 0.4) is 0 Å². The van der Waals surface area contributed by atoms with Crippen molar-refractivity contribution in [1.29, 1.82) is 0 Å². The van der Waals surface area contributed by atoms with E-state index in [2.05, 4.69) is 10.3 Å². The third-order valence-electron chi connectivity index (χ3n) is 1.90. The van der Waals surface area contributed by atoms with Gasteiger partial charge in [0, 0.05) is 24.8 Å². The molecule has 1 aliphatic rings. The van der Waals surface area contributed by atoms with Gasteiger partial charge in [0.1, 0.15) is 0 Å². The highest BCUT2D eigenvalue weighted by atomic mass is 16.6. The fourth-order valence-electron chi connectivity index (χ4n) is 1.28. The number of aromatic nitrogens is 1. The zero-order valence-electron chi connectivity index (χ0n) is 7.20. The van der Waals surface area contributed by atoms with E-state index in [-0.39, 0.29) is 4.92 Å². The Hall–Kier alpha value is -2.11. The SMILES string of the molecule is O=[N+]([O-])C1NC=CN1c1ccncc1. The second-order valence-corrected chi connectivity index (χ2v) is 2.75. The summed E-state index contributed by atoms with van der Waals surface area (Å²) < 4.78 is 0. The molecule has 1 aromatic rings. The summed E-state index contributed by atoms with van der Waals surface area (Å²) in [6.07, 6.45) is 5.45. The molecule has 1 unspecified atom stereocenters. The lowest BCUT2D eigenvalue weighted by Crippen LogP contribution is -2.42. The molecule has 6 nitrogen and oxygen atoms in total. The molecule has 0 aliphatic carbocycles. The molecule has 1 aromatic heterocycles. The minimum absolute atomic E-state index is 0.388. The first-order valence-corrected chi connectivity index (χ1v) is 4.03. The molecule has 6 heteroatoms. The van der Waals surface area contributed by atoms with Crippen LogP contribution in [0.15, 0.2) is 36.9 Å². The molecule has 0 saturated heterocycles. The van der Waals surface area contributed by atoms with Crippen LogP contribution >= 0.6 is 0 Å². The lowest BCUT2D eigenvalue weighted by Gasteiger charge is -2.17. The number of nitrogens with one attached hydrogen (secondary N) is 1. The van der Waals surface area contributed by atoms with Gasteiger partial charge in [0.25, 0.3) is 0 Å². The second-order valence-electron chi connectivity index (χ2n) is 2.75. The van der Waals surface area contributed by atoms with Crippen LogP contribution in [0.4, 0.5) is 5.69 Å². The van der Waals surface area contributed by atoms with Crippen LogP contribution in [0.1, 0.15) is 0 Å². The van der Waals surface area contributed by atoms with Gasteiger partial charge in [-0.1, -0.05) is 0 Å². The van der Waals surface area contributed by atoms with Gasteiger partial charge in [0.05, 0.1) is 10.6 Å². The van der Waals surface area contributed by atoms with E-state index in [4.69, 9.17) is 0 Å². The van der Waals surface area contributed by atoms with Crippen LogP contribution in [0.2, 0.25) is 0 Å². The Morgan fingerprint density at radius 2 is 2.21 bits per heavy atom. The predicted octanol–water partition coefficient (Wildman–Crippen LogP) is 0.523. The van der Waals surface area contributed by atoms with Gasteiger partial charge < -0.3 is 5.32 Å². The van der Waals surface area contributed by atoms with Crippen molar-refractivity contribution < 1.29 is 4.92 Å². The van der Waals surface area contributed by atoms with Crippen LogP contribution in [0, 0.1) is 10.1 Å². The van der Waals surface area contributed by atoms with Crippen LogP contribution in [0.25, 0.3) is 0 Å². The first-order chi connectivity index (χ1) is 6.79. The smallest absolute Gasteiger partial charge is 0.310 e. The Bertz CT molecular complexity index is 365. The lowest BCUT2D eigenvalue weighted by atomic mass is 10.4. The number of hydrogen-bond donors (Lipinski definition) is 1. The third kappa shape index (κ3) is 1.37. The highest BCUT2D eigenvalue weighted by Gasteiger charge is 2.29. The molecule has 14 heavy (non-hydrogen) atoms. The normalized spacial score (nSPS) is 19.4. The van der Waals surface area contributed by atoms with Crippen molar-refractivity contribution in [2.75, 3.05) is 4.90 Å². The number of rotatable bonds is 2. The highest BCUT2D eigenvalue weighted by Crippen LogP contribution is 2.17. The van der Waals surface area contributed by atoms with Crippen molar-refractivity contribution in [3.63, 3.8) is 0 Å². The molecule has 0 bridgehead atoms. The molecule has 1 N–H and O–H groups in total. The molecule has 0 amide bonds. The fraction of sp³-hybridized carbons (Fsp3) is 0.125. The van der Waals surface area contributed by atoms with Crippen molar-refractivity contribution in [3.8, 4) is 0 Å². The van der Waals surface area contributed by atoms with Crippen molar-refractivity contribution in [2.45, 2.75) is 6.29 Å². The summed E-state index contributed by atoms with van der Waals surface area (Å²) >= 11 is 0. The summed E-state index contributed by atoms with van der Waals surface area (Å²) in [6, 6.07) is 3.43. The van der Waals surface area contributed by atoms with Gasteiger partial charge in [-0.3, -0.25) is 20.0 Å². The number of anilines is 1. The third-order valence-corrected chi connectivity index (χ3v) is 1.90. The van der Waals surface area contributed by atoms with E-state index in [9.17, 15) is 10.1 Å². The maximum absolute atomic E-state index is 10.6. The predicted molar refractivity (Wildman–Crippen MR) is 49.8 cm³/mol. The molecule has 2 heterocycles. The van der Waals surface area contributed by atoms with Crippen molar-refractivity contribution in [1.82, 2.24) is 10.3 Å². The Balaban J connectivity index is 2.26. The lowest BCUT2D eigenvalue weighted by molar-refractivity contribution is -0.523. The van der Waals surface area contributed by atoms with E-state index in [1.807, 2.05) is 0 Å². The first-order valence-electron chi connectivity index (χ1n) is 4.03. The van der Waals surface area contributed by atoms with E-state index < -0.39 is 6.29 Å². The second kappa shape index (κ2) is 3.33. The zero-order valence-corrected chi connectivity index (χ0v) is 7.20. The molecule has 1 atom stereocenters. The molecular weight excluding hydrogens is 184 g/mol. The van der Waals surface area contributed by atoms with Gasteiger partial charge in [0.15, 0.2) is 0 Å². The minimum atomic E-state index is -0.919. The molecule has 0 saturated carbocycles. The Morgan fingerprint density at radius 3 is 2.86 bits per heavy atom. The average Bonchev–Trinajstić information content (AvgIpc) is 2.67. The van der Waals surface area contributed by atoms with E-state index in [0.717, 1.165) is 5.69 Å². The van der Waals surface area contributed by atoms with Crippen molar-refractivity contribution in [2.24, 2.45) is 0 Å². The van der Waals surface area contributed by atoms with Crippen LogP contribution in [-0.2, 0) is 0 Å². The fourth-order valence-corrected chi connectivity index (χ4v) is 1.28. The van der Waals surface area contributed by atoms with Gasteiger partial charge in [-0.2, -0.15) is 0 Å². The molecular formula is C8H8N4O2. The number of nitrogens with zero attached hydrogens (tertiary/aromatic N) is 3. The van der Waals surface area contributed by atoms with Crippen molar-refractivity contribution >= 4 is 5.69 Å². The number of pyridine rings is 1. The van der Waals surface area contributed by atoms with Gasteiger partial charge in [0.2, 0.25) is 0 Å². The maximum Gasteiger partial charge on any atom is 0.369 e. The molecule has 0 spiro atoms. The maximum atomic E-state index is 10.6. The van der Waals surface area contributed by atoms with E-state index in [1.54, 1.807) is 36.9 Å². The highest BCUT2D eigenvalue weighted by molar-refractivity contribution is 5.49. The summed E-state index contributed by atoms with van der Waals surface area (Å²) in [5.74, 6) is 0. The van der Waals surface area contributed by atoms with E-state index >= 15 is 0 Å². The van der Waals surface area contributed by atoms with Crippen LogP contribution < -0.4 is 10.2 Å². The Labute approximate surface area is 80.0 Å². The summed E-state index contributed by atoms with van der Waals surface area (Å²) in [5.41, 5.74) is 0.739. The van der Waals surface area contributed by atoms with Gasteiger partial charge >= 0.3 is 6.29 Å². The first kappa shape index (κ1) is 8.49. The molecule has 0 fully saturated rings. The van der Waals surface area contributed by atoms with Gasteiger partial charge in [-0.05, 0) is 12.1 Å². The summed E-state index contributed by atoms with van der Waals surface area (Å²) in [4.78, 5) is 15.6. The summed E-state index contributed by atoms with van der Waals surface area (Å²) in [6.45, 7) is 0. The van der Waals surface area contributed by atoms with Crippen LogP contribution in [-0.4, -0.2) is 16.2 Å². The zero-order chi connectivity index (χ0) is 9.97. The standard InChI is InChI=1S/C8H8N4O2/c13-12(14)8-10-5-6-11(8)7-1-3-9-4-2-7/h1-6,8,10H. The summed E-state index contributed by atoms with van der Waals surface area (Å²) in [7, 11) is 0. The van der Waals surface area contributed by atoms with E-state index in [0.29, 0.717) is 0 Å². The molecule has 0 aromatic carbocycles. The van der Waals surface area contributed by atoms with Crippen molar-refractivity contribution in [3.05, 3.63) is 47.0 Å². The van der Waals surface area contributed by atoms with Gasteiger partial charge in [-0.25, -0.2) is 0 Å². The quantitative estimate of drug-likeness (QED) is 0.546.